The molecule has 29 heavy (non-hydrogen) atoms. The third kappa shape index (κ3) is 3.70. The largest absolute Gasteiger partial charge is 0.392 e. The number of rotatable bonds is 6. The third-order valence-electron chi connectivity index (χ3n) is 5.14. The minimum atomic E-state index is -0.416. The van der Waals surface area contributed by atoms with Gasteiger partial charge in [0.2, 0.25) is 0 Å². The van der Waals surface area contributed by atoms with Crippen LogP contribution in [0.5, 0.6) is 0 Å². The van der Waals surface area contributed by atoms with Crippen LogP contribution in [0.2, 0.25) is 0 Å². The number of amides is 3. The Labute approximate surface area is 167 Å². The summed E-state index contributed by atoms with van der Waals surface area (Å²) in [6.45, 7) is 4.38. The fourth-order valence-corrected chi connectivity index (χ4v) is 3.53. The molecule has 2 aromatic rings. The number of aliphatic hydroxyl groups excluding tert-OH is 1. The molecular formula is C19H22N6O4. The van der Waals surface area contributed by atoms with Crippen LogP contribution in [0.3, 0.4) is 0 Å². The molecule has 0 bridgehead atoms. The van der Waals surface area contributed by atoms with Crippen LogP contribution in [0.25, 0.3) is 0 Å². The van der Waals surface area contributed by atoms with E-state index in [1.165, 1.54) is 11.1 Å². The molecule has 4 rings (SSSR count). The topological polar surface area (TPSA) is 113 Å². The van der Waals surface area contributed by atoms with E-state index in [4.69, 9.17) is 4.84 Å². The lowest BCUT2D eigenvalue weighted by atomic mass is 10.00. The number of imide groups is 1. The average molecular weight is 398 g/mol. The normalized spacial score (nSPS) is 21.7. The number of oxime groups is 1. The van der Waals surface area contributed by atoms with Gasteiger partial charge in [-0.15, -0.1) is 0 Å². The van der Waals surface area contributed by atoms with E-state index >= 15 is 0 Å². The summed E-state index contributed by atoms with van der Waals surface area (Å²) in [6, 6.07) is 4.80. The molecule has 2 aliphatic heterocycles. The van der Waals surface area contributed by atoms with Crippen LogP contribution in [0.1, 0.15) is 25.2 Å². The zero-order valence-electron chi connectivity index (χ0n) is 16.2. The number of aliphatic hydroxyl groups is 1. The van der Waals surface area contributed by atoms with Gasteiger partial charge in [0.05, 0.1) is 54.6 Å². The number of carbonyl (C=O) groups is 2. The maximum absolute atomic E-state index is 12.8. The molecular weight excluding hydrogens is 376 g/mol. The molecule has 0 saturated carbocycles. The third-order valence-corrected chi connectivity index (χ3v) is 5.14. The van der Waals surface area contributed by atoms with Gasteiger partial charge in [-0.25, -0.2) is 9.69 Å². The van der Waals surface area contributed by atoms with Gasteiger partial charge in [0.1, 0.15) is 12.6 Å². The molecule has 2 aromatic heterocycles. The Morgan fingerprint density at radius 3 is 2.79 bits per heavy atom. The maximum atomic E-state index is 12.8. The number of hydrogen-bond acceptors (Lipinski definition) is 7. The van der Waals surface area contributed by atoms with E-state index in [0.717, 1.165) is 10.6 Å². The van der Waals surface area contributed by atoms with Crippen LogP contribution in [0.4, 0.5) is 10.5 Å². The molecule has 2 unspecified atom stereocenters. The molecule has 1 fully saturated rings. The van der Waals surface area contributed by atoms with Gasteiger partial charge in [0.25, 0.3) is 5.91 Å². The Balaban J connectivity index is 1.46. The summed E-state index contributed by atoms with van der Waals surface area (Å²) in [6.07, 6.45) is 3.15. The highest BCUT2D eigenvalue weighted by Gasteiger charge is 2.38. The summed E-state index contributed by atoms with van der Waals surface area (Å²) in [5.41, 5.74) is 2.45. The zero-order valence-corrected chi connectivity index (χ0v) is 16.2. The van der Waals surface area contributed by atoms with E-state index in [9.17, 15) is 14.7 Å². The van der Waals surface area contributed by atoms with Crippen LogP contribution >= 0.6 is 0 Å². The Kier molecular flexibility index (Phi) is 5.01. The molecule has 0 radical (unpaired) electrons. The van der Waals surface area contributed by atoms with Gasteiger partial charge in [0.15, 0.2) is 0 Å². The Bertz CT molecular complexity index is 971. The number of carbonyl (C=O) groups excluding carboxylic acids is 2. The van der Waals surface area contributed by atoms with E-state index < -0.39 is 6.03 Å². The van der Waals surface area contributed by atoms with Crippen LogP contribution in [-0.4, -0.2) is 55.1 Å². The first-order valence-corrected chi connectivity index (χ1v) is 9.36. The summed E-state index contributed by atoms with van der Waals surface area (Å²) in [5, 5.41) is 17.5. The van der Waals surface area contributed by atoms with Crippen molar-refractivity contribution in [1.82, 2.24) is 19.7 Å². The predicted molar refractivity (Wildman–Crippen MR) is 103 cm³/mol. The van der Waals surface area contributed by atoms with Gasteiger partial charge < -0.3 is 14.8 Å². The van der Waals surface area contributed by atoms with E-state index in [1.807, 2.05) is 13.8 Å². The van der Waals surface area contributed by atoms with Crippen LogP contribution in [-0.2, 0) is 29.3 Å². The summed E-state index contributed by atoms with van der Waals surface area (Å²) >= 11 is 0. The van der Waals surface area contributed by atoms with Crippen molar-refractivity contribution in [3.05, 3.63) is 42.0 Å². The summed E-state index contributed by atoms with van der Waals surface area (Å²) < 4.78 is 1.69. The van der Waals surface area contributed by atoms with Crippen molar-refractivity contribution in [3.63, 3.8) is 0 Å². The highest BCUT2D eigenvalue weighted by Crippen LogP contribution is 2.24. The van der Waals surface area contributed by atoms with E-state index in [1.54, 1.807) is 29.1 Å². The molecule has 1 saturated heterocycles. The number of hydrogen-bond donors (Lipinski definition) is 1. The quantitative estimate of drug-likeness (QED) is 0.731. The van der Waals surface area contributed by atoms with Crippen LogP contribution in [0, 0.1) is 5.92 Å². The Morgan fingerprint density at radius 1 is 1.28 bits per heavy atom. The number of anilines is 1. The van der Waals surface area contributed by atoms with Crippen LogP contribution in [0.15, 0.2) is 35.7 Å². The molecule has 4 heterocycles. The second-order valence-electron chi connectivity index (χ2n) is 7.22. The number of aromatic nitrogens is 3. The highest BCUT2D eigenvalue weighted by atomic mass is 16.6. The van der Waals surface area contributed by atoms with Gasteiger partial charge in [-0.1, -0.05) is 11.2 Å². The maximum Gasteiger partial charge on any atom is 0.332 e. The first-order valence-electron chi connectivity index (χ1n) is 9.36. The van der Waals surface area contributed by atoms with Crippen molar-refractivity contribution >= 4 is 23.3 Å². The fourth-order valence-electron chi connectivity index (χ4n) is 3.53. The van der Waals surface area contributed by atoms with Crippen molar-refractivity contribution in [2.24, 2.45) is 11.1 Å². The van der Waals surface area contributed by atoms with Crippen LogP contribution < -0.4 is 4.90 Å². The second-order valence-corrected chi connectivity index (χ2v) is 7.22. The standard InChI is InChI=1S/C19H22N6O4/c1-12-17(13(2)29-22-12)9-24-8-16(6-20-24)25-18(27)10-23(19(25)28)7-14-4-3-5-15(11-26)21-14/h3-6,8,13,17,26H,7,9-11H2,1-2H3. The van der Waals surface area contributed by atoms with Crippen molar-refractivity contribution in [1.29, 1.82) is 0 Å². The molecule has 0 aromatic carbocycles. The molecule has 152 valence electrons. The van der Waals surface area contributed by atoms with E-state index in [-0.39, 0.29) is 37.6 Å². The minimum absolute atomic E-state index is 0.0334. The molecule has 10 heteroatoms. The van der Waals surface area contributed by atoms with Crippen molar-refractivity contribution in [2.45, 2.75) is 39.6 Å². The van der Waals surface area contributed by atoms with Gasteiger partial charge in [-0.3, -0.25) is 14.5 Å². The van der Waals surface area contributed by atoms with Crippen molar-refractivity contribution < 1.29 is 19.5 Å². The lowest BCUT2D eigenvalue weighted by Gasteiger charge is -2.16. The van der Waals surface area contributed by atoms with Gasteiger partial charge in [-0.05, 0) is 26.0 Å². The summed E-state index contributed by atoms with van der Waals surface area (Å²) in [5.74, 6) is -0.225. The van der Waals surface area contributed by atoms with Gasteiger partial charge >= 0.3 is 6.03 Å². The zero-order chi connectivity index (χ0) is 20.5. The lowest BCUT2D eigenvalue weighted by molar-refractivity contribution is -0.116. The molecule has 0 aliphatic carbocycles. The molecule has 1 N–H and O–H groups in total. The summed E-state index contributed by atoms with van der Waals surface area (Å²) in [4.78, 5) is 37.4. The predicted octanol–water partition coefficient (Wildman–Crippen LogP) is 1.15. The van der Waals surface area contributed by atoms with E-state index in [2.05, 4.69) is 15.2 Å². The Hall–Kier alpha value is -3.27. The first-order chi connectivity index (χ1) is 14.0. The second kappa shape index (κ2) is 7.63. The molecule has 3 amide bonds. The van der Waals surface area contributed by atoms with Crippen molar-refractivity contribution in [2.75, 3.05) is 11.4 Å². The van der Waals surface area contributed by atoms with Gasteiger partial charge in [-0.2, -0.15) is 5.10 Å². The minimum Gasteiger partial charge on any atom is -0.392 e. The molecule has 0 spiro atoms. The van der Waals surface area contributed by atoms with Crippen molar-refractivity contribution in [3.8, 4) is 0 Å². The SMILES string of the molecule is CC1=NOC(C)C1Cn1cc(N2C(=O)CN(Cc3cccc(CO)n3)C2=O)cn1. The number of pyridine rings is 1. The Morgan fingerprint density at radius 2 is 2.07 bits per heavy atom. The molecule has 10 nitrogen and oxygen atoms in total. The lowest BCUT2D eigenvalue weighted by Crippen LogP contribution is -2.32. The van der Waals surface area contributed by atoms with Gasteiger partial charge in [0, 0.05) is 6.20 Å². The average Bonchev–Trinajstić information content (AvgIpc) is 3.37. The first kappa shape index (κ1) is 19.1. The number of urea groups is 1. The molecule has 2 aliphatic rings. The van der Waals surface area contributed by atoms with E-state index in [0.29, 0.717) is 23.6 Å². The highest BCUT2D eigenvalue weighted by molar-refractivity contribution is 6.19. The summed E-state index contributed by atoms with van der Waals surface area (Å²) in [7, 11) is 0. The number of nitrogens with zero attached hydrogens (tertiary/aromatic N) is 6. The fraction of sp³-hybridized carbons (Fsp3) is 0.421. The monoisotopic (exact) mass is 398 g/mol. The molecule has 2 atom stereocenters. The smallest absolute Gasteiger partial charge is 0.332 e.